The lowest BCUT2D eigenvalue weighted by Crippen LogP contribution is -2.45. The molecule has 0 bridgehead atoms. The number of alkyl carbamates (subject to hydrolysis) is 1. The average Bonchev–Trinajstić information content (AvgIpc) is 2.56. The third-order valence-electron chi connectivity index (χ3n) is 2.88. The van der Waals surface area contributed by atoms with Crippen LogP contribution in [0.25, 0.3) is 0 Å². The minimum Gasteiger partial charge on any atom is -0.474 e. The molecular formula is C16H22N2O4S. The van der Waals surface area contributed by atoms with Crippen molar-refractivity contribution in [2.24, 2.45) is 5.73 Å². The predicted octanol–water partition coefficient (Wildman–Crippen LogP) is 2.30. The number of benzene rings is 1. The summed E-state index contributed by atoms with van der Waals surface area (Å²) in [6.07, 6.45) is 3.72. The van der Waals surface area contributed by atoms with Gasteiger partial charge in [-0.25, -0.2) is 4.79 Å². The van der Waals surface area contributed by atoms with E-state index < -0.39 is 16.9 Å². The molecule has 0 aliphatic rings. The molecule has 1 aromatic carbocycles. The minimum atomic E-state index is -0.864. The second-order valence-electron chi connectivity index (χ2n) is 4.70. The Morgan fingerprint density at radius 1 is 1.35 bits per heavy atom. The fraction of sp³-hybridized carbons (Fsp3) is 0.375. The van der Waals surface area contributed by atoms with Crippen molar-refractivity contribution in [3.05, 3.63) is 42.5 Å². The van der Waals surface area contributed by atoms with Crippen LogP contribution in [0, 0.1) is 0 Å². The van der Waals surface area contributed by atoms with Crippen LogP contribution in [0.15, 0.2) is 42.5 Å². The van der Waals surface area contributed by atoms with Crippen LogP contribution in [-0.2, 0) is 9.53 Å². The maximum absolute atomic E-state index is 11.4. The zero-order chi connectivity index (χ0) is 17.1. The van der Waals surface area contributed by atoms with E-state index in [-0.39, 0.29) is 12.3 Å². The summed E-state index contributed by atoms with van der Waals surface area (Å²) < 4.78 is 10.7. The summed E-state index contributed by atoms with van der Waals surface area (Å²) in [7, 11) is 1.29. The van der Waals surface area contributed by atoms with Crippen LogP contribution in [0.5, 0.6) is 5.75 Å². The molecule has 1 aromatic rings. The number of methoxy groups -OCH3 is 1. The number of carbonyl (C=O) groups is 2. The monoisotopic (exact) mass is 338 g/mol. The van der Waals surface area contributed by atoms with Crippen LogP contribution in [0.3, 0.4) is 0 Å². The van der Waals surface area contributed by atoms with Crippen molar-refractivity contribution in [1.29, 1.82) is 0 Å². The molecule has 23 heavy (non-hydrogen) atoms. The molecule has 0 heterocycles. The lowest BCUT2D eigenvalue weighted by Gasteiger charge is -2.33. The van der Waals surface area contributed by atoms with Gasteiger partial charge in [0.2, 0.25) is 5.91 Å². The number of allylic oxidation sites excluding steroid dienone is 1. The molecule has 0 spiro atoms. The fourth-order valence-corrected chi connectivity index (χ4v) is 2.72. The predicted molar refractivity (Wildman–Crippen MR) is 91.3 cm³/mol. The summed E-state index contributed by atoms with van der Waals surface area (Å²) in [5.41, 5.74) is 5.26. The minimum absolute atomic E-state index is 0.0766. The molecule has 0 aliphatic carbocycles. The molecule has 1 atom stereocenters. The van der Waals surface area contributed by atoms with Crippen LogP contribution in [0.4, 0.5) is 4.79 Å². The van der Waals surface area contributed by atoms with Crippen molar-refractivity contribution in [2.75, 3.05) is 19.4 Å². The number of nitrogens with one attached hydrogen (secondary N) is 1. The lowest BCUT2D eigenvalue weighted by molar-refractivity contribution is -0.115. The van der Waals surface area contributed by atoms with E-state index in [2.05, 4.69) is 10.1 Å². The van der Waals surface area contributed by atoms with Gasteiger partial charge in [-0.3, -0.25) is 4.79 Å². The topological polar surface area (TPSA) is 90.7 Å². The molecule has 3 N–H and O–H groups in total. The molecule has 0 aliphatic heterocycles. The van der Waals surface area contributed by atoms with Crippen molar-refractivity contribution in [2.45, 2.75) is 18.3 Å². The number of rotatable bonds is 9. The van der Waals surface area contributed by atoms with E-state index in [1.54, 1.807) is 0 Å². The normalized spacial score (nSPS) is 13.3. The Bertz CT molecular complexity index is 536. The largest absolute Gasteiger partial charge is 0.474 e. The summed E-state index contributed by atoms with van der Waals surface area (Å²) in [5.74, 6) is 0.267. The molecule has 0 saturated heterocycles. The SMILES string of the molecule is CC=CCC(CNC(=O)OC)(Oc1ccccc1)SCC(N)=O. The van der Waals surface area contributed by atoms with Crippen molar-refractivity contribution in [1.82, 2.24) is 5.32 Å². The van der Waals surface area contributed by atoms with Crippen molar-refractivity contribution >= 4 is 23.8 Å². The number of thioether (sulfide) groups is 1. The highest BCUT2D eigenvalue weighted by molar-refractivity contribution is 8.01. The van der Waals surface area contributed by atoms with Gasteiger partial charge in [-0.2, -0.15) is 0 Å². The number of hydrogen-bond donors (Lipinski definition) is 2. The first-order valence-corrected chi connectivity index (χ1v) is 8.09. The molecular weight excluding hydrogens is 316 g/mol. The molecule has 1 unspecified atom stereocenters. The number of primary amides is 1. The van der Waals surface area contributed by atoms with E-state index in [0.717, 1.165) is 0 Å². The number of ether oxygens (including phenoxy) is 2. The average molecular weight is 338 g/mol. The first kappa shape index (κ1) is 18.9. The highest BCUT2D eigenvalue weighted by Gasteiger charge is 2.33. The van der Waals surface area contributed by atoms with Gasteiger partial charge in [0.15, 0.2) is 4.93 Å². The Balaban J connectivity index is 2.98. The van der Waals surface area contributed by atoms with Crippen LogP contribution < -0.4 is 15.8 Å². The van der Waals surface area contributed by atoms with Crippen LogP contribution in [0.2, 0.25) is 0 Å². The maximum atomic E-state index is 11.4. The Kier molecular flexibility index (Phi) is 8.04. The van der Waals surface area contributed by atoms with E-state index in [9.17, 15) is 9.59 Å². The van der Waals surface area contributed by atoms with E-state index >= 15 is 0 Å². The Morgan fingerprint density at radius 2 is 2.04 bits per heavy atom. The third-order valence-corrected chi connectivity index (χ3v) is 4.23. The molecule has 7 heteroatoms. The second-order valence-corrected chi connectivity index (χ2v) is 6.02. The standard InChI is InChI=1S/C16H22N2O4S/c1-3-4-10-16(23-11-14(17)19,12-18-15(20)21-2)22-13-8-6-5-7-9-13/h3-9H,10-12H2,1-2H3,(H2,17,19)(H,18,20). The highest BCUT2D eigenvalue weighted by Crippen LogP contribution is 2.32. The van der Waals surface area contributed by atoms with Crippen LogP contribution in [0.1, 0.15) is 13.3 Å². The lowest BCUT2D eigenvalue weighted by atomic mass is 10.2. The number of carbonyl (C=O) groups excluding carboxylic acids is 2. The first-order valence-electron chi connectivity index (χ1n) is 7.10. The molecule has 6 nitrogen and oxygen atoms in total. The van der Waals surface area contributed by atoms with E-state index in [1.165, 1.54) is 18.9 Å². The fourth-order valence-electron chi connectivity index (χ4n) is 1.77. The summed E-state index contributed by atoms with van der Waals surface area (Å²) in [5, 5.41) is 2.63. The number of hydrogen-bond acceptors (Lipinski definition) is 5. The molecule has 2 amide bonds. The number of amides is 2. The summed E-state index contributed by atoms with van der Waals surface area (Å²) in [6, 6.07) is 9.20. The molecule has 126 valence electrons. The molecule has 0 saturated carbocycles. The molecule has 0 aromatic heterocycles. The van der Waals surface area contributed by atoms with Gasteiger partial charge in [0.05, 0.1) is 19.4 Å². The Labute approximate surface area is 140 Å². The van der Waals surface area contributed by atoms with Crippen molar-refractivity contribution in [3.63, 3.8) is 0 Å². The number of nitrogens with two attached hydrogens (primary N) is 1. The van der Waals surface area contributed by atoms with E-state index in [1.807, 2.05) is 49.4 Å². The third kappa shape index (κ3) is 7.10. The van der Waals surface area contributed by atoms with Crippen molar-refractivity contribution in [3.8, 4) is 5.75 Å². The van der Waals surface area contributed by atoms with Gasteiger partial charge in [-0.1, -0.05) is 30.4 Å². The van der Waals surface area contributed by atoms with Gasteiger partial charge in [0.25, 0.3) is 0 Å². The van der Waals surface area contributed by atoms with E-state index in [0.29, 0.717) is 12.2 Å². The van der Waals surface area contributed by atoms with Gasteiger partial charge < -0.3 is 20.5 Å². The molecule has 0 radical (unpaired) electrons. The quantitative estimate of drug-likeness (QED) is 0.532. The van der Waals surface area contributed by atoms with Crippen LogP contribution in [-0.4, -0.2) is 36.3 Å². The van der Waals surface area contributed by atoms with Gasteiger partial charge in [0, 0.05) is 6.42 Å². The highest BCUT2D eigenvalue weighted by atomic mass is 32.2. The van der Waals surface area contributed by atoms with E-state index in [4.69, 9.17) is 10.5 Å². The molecule has 1 rings (SSSR count). The first-order chi connectivity index (χ1) is 11.0. The summed E-state index contributed by atoms with van der Waals surface area (Å²) in [4.78, 5) is 21.7. The zero-order valence-electron chi connectivity index (χ0n) is 13.3. The maximum Gasteiger partial charge on any atom is 0.407 e. The van der Waals surface area contributed by atoms with Gasteiger partial charge in [-0.15, -0.1) is 11.8 Å². The summed E-state index contributed by atoms with van der Waals surface area (Å²) in [6.45, 7) is 2.05. The van der Waals surface area contributed by atoms with Crippen molar-refractivity contribution < 1.29 is 19.1 Å². The van der Waals surface area contributed by atoms with Gasteiger partial charge in [-0.05, 0) is 19.1 Å². The summed E-state index contributed by atoms with van der Waals surface area (Å²) >= 11 is 1.25. The van der Waals surface area contributed by atoms with Crippen LogP contribution >= 0.6 is 11.8 Å². The number of para-hydroxylation sites is 1. The Hall–Kier alpha value is -2.15. The smallest absolute Gasteiger partial charge is 0.407 e. The molecule has 0 fully saturated rings. The zero-order valence-corrected chi connectivity index (χ0v) is 14.1. The van der Waals surface area contributed by atoms with Gasteiger partial charge >= 0.3 is 6.09 Å². The second kappa shape index (κ2) is 9.78. The van der Waals surface area contributed by atoms with Gasteiger partial charge in [0.1, 0.15) is 5.75 Å². The Morgan fingerprint density at radius 3 is 2.61 bits per heavy atom.